The van der Waals surface area contributed by atoms with Crippen LogP contribution >= 0.6 is 0 Å². The molecule has 0 atom stereocenters. The van der Waals surface area contributed by atoms with Crippen LogP contribution in [-0.2, 0) is 11.0 Å². The van der Waals surface area contributed by atoms with Gasteiger partial charge in [-0.1, -0.05) is 12.1 Å². The molecule has 12 heteroatoms. The van der Waals surface area contributed by atoms with Crippen molar-refractivity contribution in [1.82, 2.24) is 10.9 Å². The van der Waals surface area contributed by atoms with Crippen LogP contribution in [0.1, 0.15) is 29.8 Å². The molecule has 1 aliphatic rings. The van der Waals surface area contributed by atoms with E-state index in [1.807, 2.05) is 0 Å². The van der Waals surface area contributed by atoms with Crippen LogP contribution in [0.3, 0.4) is 0 Å². The Bertz CT molecular complexity index is 1170. The highest BCUT2D eigenvalue weighted by Crippen LogP contribution is 2.33. The van der Waals surface area contributed by atoms with Crippen molar-refractivity contribution in [1.29, 1.82) is 0 Å². The zero-order chi connectivity index (χ0) is 23.6. The van der Waals surface area contributed by atoms with Gasteiger partial charge in [-0.15, -0.1) is 0 Å². The minimum atomic E-state index is -4.58. The van der Waals surface area contributed by atoms with Crippen molar-refractivity contribution in [2.45, 2.75) is 20.0 Å². The van der Waals surface area contributed by atoms with Crippen molar-refractivity contribution >= 4 is 28.9 Å². The smallest absolute Gasteiger partial charge is 0.302 e. The number of hydrazone groups is 1. The number of nitrogens with one attached hydrogen (secondary N) is 2. The largest absolute Gasteiger partial charge is 0.416 e. The summed E-state index contributed by atoms with van der Waals surface area (Å²) in [7, 11) is 0. The van der Waals surface area contributed by atoms with Crippen molar-refractivity contribution < 1.29 is 27.7 Å². The van der Waals surface area contributed by atoms with Crippen LogP contribution in [0.25, 0.3) is 0 Å². The molecule has 2 N–H and O–H groups in total. The van der Waals surface area contributed by atoms with Crippen molar-refractivity contribution in [3.63, 3.8) is 0 Å². The molecule has 0 aromatic heterocycles. The molecule has 1 heterocycles. The van der Waals surface area contributed by atoms with Gasteiger partial charge in [0.2, 0.25) is 0 Å². The fourth-order valence-corrected chi connectivity index (χ4v) is 2.97. The lowest BCUT2D eigenvalue weighted by Gasteiger charge is -2.15. The van der Waals surface area contributed by atoms with Gasteiger partial charge in [0.25, 0.3) is 17.5 Å². The first-order chi connectivity index (χ1) is 15.0. The highest BCUT2D eigenvalue weighted by Gasteiger charge is 2.34. The third-order valence-corrected chi connectivity index (χ3v) is 4.49. The van der Waals surface area contributed by atoms with Crippen LogP contribution in [0, 0.1) is 10.1 Å². The second kappa shape index (κ2) is 8.49. The average Bonchev–Trinajstić information content (AvgIpc) is 3.05. The molecule has 0 radical (unpaired) electrons. The fraction of sp³-hybridized carbons (Fsp3) is 0.150. The Morgan fingerprint density at radius 2 is 1.81 bits per heavy atom. The van der Waals surface area contributed by atoms with E-state index in [-0.39, 0.29) is 33.9 Å². The van der Waals surface area contributed by atoms with Crippen LogP contribution in [0.2, 0.25) is 0 Å². The predicted octanol–water partition coefficient (Wildman–Crippen LogP) is 3.54. The van der Waals surface area contributed by atoms with Gasteiger partial charge in [-0.25, -0.2) is 0 Å². The van der Waals surface area contributed by atoms with Crippen LogP contribution in [0.5, 0.6) is 0 Å². The normalized spacial score (nSPS) is 15.3. The zero-order valence-corrected chi connectivity index (χ0v) is 16.7. The number of anilines is 1. The molecule has 0 aliphatic carbocycles. The first-order valence-electron chi connectivity index (χ1n) is 9.08. The Morgan fingerprint density at radius 1 is 1.12 bits per heavy atom. The van der Waals surface area contributed by atoms with Gasteiger partial charge in [0.1, 0.15) is 0 Å². The molecule has 0 bridgehead atoms. The van der Waals surface area contributed by atoms with Gasteiger partial charge in [-0.2, -0.15) is 23.3 Å². The Morgan fingerprint density at radius 3 is 2.47 bits per heavy atom. The second-order valence-corrected chi connectivity index (χ2v) is 6.74. The maximum atomic E-state index is 13.0. The van der Waals surface area contributed by atoms with Crippen molar-refractivity contribution in [3.8, 4) is 0 Å². The summed E-state index contributed by atoms with van der Waals surface area (Å²) in [4.78, 5) is 35.3. The van der Waals surface area contributed by atoms with Crippen molar-refractivity contribution in [2.75, 3.05) is 5.01 Å². The minimum absolute atomic E-state index is 0.0122. The van der Waals surface area contributed by atoms with E-state index >= 15 is 0 Å². The molecule has 1 aliphatic heterocycles. The van der Waals surface area contributed by atoms with E-state index in [9.17, 15) is 32.9 Å². The number of hydrazine groups is 1. The number of allylic oxidation sites excluding steroid dienone is 1. The number of benzene rings is 2. The van der Waals surface area contributed by atoms with E-state index in [1.165, 1.54) is 44.2 Å². The maximum Gasteiger partial charge on any atom is 0.416 e. The Labute approximate surface area is 179 Å². The van der Waals surface area contributed by atoms with Crippen molar-refractivity contribution in [3.05, 3.63) is 81.0 Å². The first kappa shape index (κ1) is 22.5. The summed E-state index contributed by atoms with van der Waals surface area (Å²) >= 11 is 0. The van der Waals surface area contributed by atoms with Crippen LogP contribution in [-0.4, -0.2) is 22.4 Å². The van der Waals surface area contributed by atoms with E-state index in [0.717, 1.165) is 23.2 Å². The lowest BCUT2D eigenvalue weighted by atomic mass is 10.1. The number of nitro groups is 1. The fourth-order valence-electron chi connectivity index (χ4n) is 2.97. The number of amides is 2. The Hall–Kier alpha value is -4.22. The molecule has 2 aromatic rings. The Kier molecular flexibility index (Phi) is 5.96. The minimum Gasteiger partial charge on any atom is -0.302 e. The number of carbonyl (C=O) groups excluding carboxylic acids is 2. The number of rotatable bonds is 5. The zero-order valence-electron chi connectivity index (χ0n) is 16.7. The summed E-state index contributed by atoms with van der Waals surface area (Å²) in [6, 6.07) is 9.22. The van der Waals surface area contributed by atoms with E-state index in [1.54, 1.807) is 0 Å². The van der Waals surface area contributed by atoms with E-state index in [2.05, 4.69) is 16.0 Å². The molecule has 166 valence electrons. The second-order valence-electron chi connectivity index (χ2n) is 6.74. The average molecular weight is 447 g/mol. The molecule has 0 unspecified atom stereocenters. The van der Waals surface area contributed by atoms with Gasteiger partial charge in [0, 0.05) is 23.4 Å². The van der Waals surface area contributed by atoms with E-state index in [4.69, 9.17) is 0 Å². The predicted molar refractivity (Wildman–Crippen MR) is 108 cm³/mol. The summed E-state index contributed by atoms with van der Waals surface area (Å²) in [5.41, 5.74) is 4.09. The van der Waals surface area contributed by atoms with Crippen LogP contribution in [0.4, 0.5) is 24.5 Å². The third-order valence-electron chi connectivity index (χ3n) is 4.49. The SMILES string of the molecule is CC1=NN(c2cccc(C(F)(F)F)c2)C(=O)/C1=C(/C)NNC(=O)c1cccc([N+](=O)[O-])c1. The summed E-state index contributed by atoms with van der Waals surface area (Å²) in [6.07, 6.45) is -4.58. The molecule has 9 nitrogen and oxygen atoms in total. The number of nitrogens with zero attached hydrogens (tertiary/aromatic N) is 3. The summed E-state index contributed by atoms with van der Waals surface area (Å²) in [5, 5.41) is 15.7. The monoisotopic (exact) mass is 447 g/mol. The highest BCUT2D eigenvalue weighted by atomic mass is 19.4. The molecule has 0 saturated heterocycles. The number of halogens is 3. The summed E-state index contributed by atoms with van der Waals surface area (Å²) in [6.45, 7) is 2.96. The van der Waals surface area contributed by atoms with Gasteiger partial charge in [-0.3, -0.25) is 25.1 Å². The highest BCUT2D eigenvalue weighted by molar-refractivity contribution is 6.30. The number of carbonyl (C=O) groups is 2. The van der Waals surface area contributed by atoms with Gasteiger partial charge < -0.3 is 5.43 Å². The lowest BCUT2D eigenvalue weighted by molar-refractivity contribution is -0.384. The summed E-state index contributed by atoms with van der Waals surface area (Å²) in [5.74, 6) is -1.38. The molecule has 3 rings (SSSR count). The number of hydrogen-bond donors (Lipinski definition) is 2. The first-order valence-corrected chi connectivity index (χ1v) is 9.08. The summed E-state index contributed by atoms with van der Waals surface area (Å²) < 4.78 is 38.9. The molecular formula is C20H16F3N5O4. The number of alkyl halides is 3. The molecule has 0 saturated carbocycles. The van der Waals surface area contributed by atoms with E-state index in [0.29, 0.717) is 0 Å². The third kappa shape index (κ3) is 4.58. The number of hydrogen-bond acceptors (Lipinski definition) is 6. The van der Waals surface area contributed by atoms with Crippen molar-refractivity contribution in [2.24, 2.45) is 5.10 Å². The van der Waals surface area contributed by atoms with E-state index < -0.39 is 28.5 Å². The topological polar surface area (TPSA) is 117 Å². The maximum absolute atomic E-state index is 13.0. The van der Waals surface area contributed by atoms with Gasteiger partial charge in [0.15, 0.2) is 0 Å². The standard InChI is InChI=1S/C20H16F3N5O4/c1-11(24-25-18(29)13-5-3-8-16(9-13)28(31)32)17-12(2)26-27(19(17)30)15-7-4-6-14(10-15)20(21,22)23/h3-10,24H,1-2H3,(H,25,29)/b17-11-. The molecule has 32 heavy (non-hydrogen) atoms. The van der Waals surface area contributed by atoms with Gasteiger partial charge in [-0.05, 0) is 38.1 Å². The molecule has 0 spiro atoms. The van der Waals surface area contributed by atoms with Crippen LogP contribution < -0.4 is 15.9 Å². The lowest BCUT2D eigenvalue weighted by Crippen LogP contribution is -2.37. The number of nitro benzene ring substituents is 1. The van der Waals surface area contributed by atoms with Crippen LogP contribution in [0.15, 0.2) is 64.9 Å². The van der Waals surface area contributed by atoms with Gasteiger partial charge >= 0.3 is 6.18 Å². The molecule has 0 fully saturated rings. The Balaban J connectivity index is 1.78. The quantitative estimate of drug-likeness (QED) is 0.413. The number of non-ortho nitro benzene ring substituents is 1. The molecule has 2 aromatic carbocycles. The molecule has 2 amide bonds. The van der Waals surface area contributed by atoms with Gasteiger partial charge in [0.05, 0.1) is 27.5 Å². The molecular weight excluding hydrogens is 431 g/mol.